The number of rotatable bonds is 7. The van der Waals surface area contributed by atoms with E-state index in [4.69, 9.17) is 0 Å². The van der Waals surface area contributed by atoms with E-state index in [2.05, 4.69) is 10.6 Å². The number of carbonyl (C=O) groups excluding carboxylic acids is 4. The summed E-state index contributed by atoms with van der Waals surface area (Å²) in [5.41, 5.74) is -0.884. The highest BCUT2D eigenvalue weighted by Crippen LogP contribution is 2.38. The van der Waals surface area contributed by atoms with Crippen molar-refractivity contribution >= 4 is 35.1 Å². The predicted octanol–water partition coefficient (Wildman–Crippen LogP) is 1.71. The Balaban J connectivity index is 1.58. The van der Waals surface area contributed by atoms with Crippen LogP contribution in [0, 0.1) is 5.92 Å². The normalized spacial score (nSPS) is 23.9. The summed E-state index contributed by atoms with van der Waals surface area (Å²) in [6, 6.07) is 3.31. The zero-order valence-electron chi connectivity index (χ0n) is 16.9. The van der Waals surface area contributed by atoms with Gasteiger partial charge in [-0.05, 0) is 37.1 Å². The molecule has 29 heavy (non-hydrogen) atoms. The molecule has 1 aromatic heterocycles. The third-order valence-corrected chi connectivity index (χ3v) is 6.78. The monoisotopic (exact) mass is 420 g/mol. The van der Waals surface area contributed by atoms with E-state index in [0.29, 0.717) is 19.5 Å². The molecule has 2 aliphatic rings. The van der Waals surface area contributed by atoms with Gasteiger partial charge in [-0.15, -0.1) is 11.3 Å². The maximum Gasteiger partial charge on any atom is 0.325 e. The number of hydrogen-bond donors (Lipinski definition) is 2. The fourth-order valence-corrected chi connectivity index (χ4v) is 4.72. The number of hydrogen-bond acceptors (Lipinski definition) is 5. The third-order valence-electron chi connectivity index (χ3n) is 5.90. The van der Waals surface area contributed by atoms with Gasteiger partial charge >= 0.3 is 6.03 Å². The molecule has 8 nitrogen and oxygen atoms in total. The molecule has 1 aliphatic carbocycles. The molecule has 0 aromatic carbocycles. The average Bonchev–Trinajstić information content (AvgIpc) is 3.30. The number of urea groups is 1. The van der Waals surface area contributed by atoms with Crippen molar-refractivity contribution < 1.29 is 19.2 Å². The molecule has 9 heteroatoms. The van der Waals surface area contributed by atoms with E-state index in [1.54, 1.807) is 18.3 Å². The quantitative estimate of drug-likeness (QED) is 0.656. The second-order valence-electron chi connectivity index (χ2n) is 7.70. The molecular formula is C20H28N4O4S. The molecule has 0 radical (unpaired) electrons. The molecule has 2 atom stereocenters. The zero-order valence-corrected chi connectivity index (χ0v) is 17.7. The smallest absolute Gasteiger partial charge is 0.325 e. The molecule has 1 aliphatic heterocycles. The van der Waals surface area contributed by atoms with Gasteiger partial charge in [-0.1, -0.05) is 25.8 Å². The first-order chi connectivity index (χ1) is 13.9. The van der Waals surface area contributed by atoms with Crippen molar-refractivity contribution in [3.8, 4) is 0 Å². The van der Waals surface area contributed by atoms with Gasteiger partial charge in [0.25, 0.3) is 5.91 Å². The second kappa shape index (κ2) is 8.94. The zero-order chi connectivity index (χ0) is 21.0. The molecule has 2 N–H and O–H groups in total. The Kier molecular flexibility index (Phi) is 6.56. The van der Waals surface area contributed by atoms with Crippen molar-refractivity contribution in [1.82, 2.24) is 20.4 Å². The van der Waals surface area contributed by atoms with Crippen LogP contribution < -0.4 is 10.6 Å². The molecule has 3 rings (SSSR count). The van der Waals surface area contributed by atoms with Crippen LogP contribution in [0.1, 0.15) is 44.4 Å². The number of nitrogens with one attached hydrogen (secondary N) is 2. The van der Waals surface area contributed by atoms with Gasteiger partial charge < -0.3 is 15.5 Å². The fraction of sp³-hybridized carbons (Fsp3) is 0.600. The van der Waals surface area contributed by atoms with Gasteiger partial charge in [-0.2, -0.15) is 0 Å². The Morgan fingerprint density at radius 2 is 2.17 bits per heavy atom. The van der Waals surface area contributed by atoms with Gasteiger partial charge in [-0.25, -0.2) is 4.79 Å². The molecule has 1 saturated heterocycles. The van der Waals surface area contributed by atoms with Gasteiger partial charge in [0.15, 0.2) is 0 Å². The molecule has 5 amide bonds. The van der Waals surface area contributed by atoms with E-state index in [0.717, 1.165) is 29.0 Å². The highest BCUT2D eigenvalue weighted by molar-refractivity contribution is 7.09. The molecule has 1 spiro atoms. The maximum atomic E-state index is 13.0. The van der Waals surface area contributed by atoms with Gasteiger partial charge in [0.1, 0.15) is 12.1 Å². The minimum absolute atomic E-state index is 0.0399. The van der Waals surface area contributed by atoms with E-state index in [-0.39, 0.29) is 30.8 Å². The summed E-state index contributed by atoms with van der Waals surface area (Å²) < 4.78 is 0. The Morgan fingerprint density at radius 3 is 2.83 bits per heavy atom. The number of nitrogens with zero attached hydrogens (tertiary/aromatic N) is 2. The van der Waals surface area contributed by atoms with E-state index < -0.39 is 17.5 Å². The molecular weight excluding hydrogens is 392 g/mol. The number of likely N-dealkylation sites (N-methyl/N-ethyl adjacent to an activating group) is 1. The first kappa shape index (κ1) is 21.3. The van der Waals surface area contributed by atoms with Crippen molar-refractivity contribution in [2.75, 3.05) is 19.6 Å². The fourth-order valence-electron chi connectivity index (χ4n) is 4.08. The van der Waals surface area contributed by atoms with Crippen LogP contribution in [0.4, 0.5) is 4.79 Å². The van der Waals surface area contributed by atoms with Crippen molar-refractivity contribution in [1.29, 1.82) is 0 Å². The van der Waals surface area contributed by atoms with Crippen LogP contribution in [0.25, 0.3) is 0 Å². The van der Waals surface area contributed by atoms with Crippen molar-refractivity contribution in [2.24, 2.45) is 5.92 Å². The Morgan fingerprint density at radius 1 is 1.38 bits per heavy atom. The Hall–Kier alpha value is -2.42. The number of imide groups is 1. The molecule has 0 bridgehead atoms. The van der Waals surface area contributed by atoms with Crippen LogP contribution in [0.15, 0.2) is 17.5 Å². The first-order valence-electron chi connectivity index (χ1n) is 10.1. The SMILES string of the molecule is CCN(CC(=O)NCc1cccs1)C(=O)CN1C(=O)N[C@@]2(CCCC[C@H]2C)C1=O. The summed E-state index contributed by atoms with van der Waals surface area (Å²) in [6.45, 7) is 4.02. The number of amides is 5. The lowest BCUT2D eigenvalue weighted by Crippen LogP contribution is -2.54. The van der Waals surface area contributed by atoms with Gasteiger partial charge in [0.05, 0.1) is 13.1 Å². The lowest BCUT2D eigenvalue weighted by atomic mass is 9.73. The molecule has 0 unspecified atom stereocenters. The molecule has 2 fully saturated rings. The van der Waals surface area contributed by atoms with Crippen molar-refractivity contribution in [2.45, 2.75) is 51.6 Å². The molecule has 1 saturated carbocycles. The summed E-state index contributed by atoms with van der Waals surface area (Å²) in [5, 5.41) is 7.56. The van der Waals surface area contributed by atoms with Crippen molar-refractivity contribution in [3.05, 3.63) is 22.4 Å². The first-order valence-corrected chi connectivity index (χ1v) is 11.0. The third kappa shape index (κ3) is 4.44. The molecule has 2 heterocycles. The lowest BCUT2D eigenvalue weighted by Gasteiger charge is -2.36. The Labute approximate surface area is 174 Å². The summed E-state index contributed by atoms with van der Waals surface area (Å²) in [4.78, 5) is 53.8. The molecule has 1 aromatic rings. The topological polar surface area (TPSA) is 98.8 Å². The summed E-state index contributed by atoms with van der Waals surface area (Å²) in [5.74, 6) is -0.967. The number of carbonyl (C=O) groups is 4. The lowest BCUT2D eigenvalue weighted by molar-refractivity contribution is -0.141. The van der Waals surface area contributed by atoms with Crippen LogP contribution >= 0.6 is 11.3 Å². The summed E-state index contributed by atoms with van der Waals surface area (Å²) in [6.07, 6.45) is 3.39. The van der Waals surface area contributed by atoms with Crippen LogP contribution in [0.3, 0.4) is 0 Å². The highest BCUT2D eigenvalue weighted by atomic mass is 32.1. The minimum Gasteiger partial charge on any atom is -0.350 e. The Bertz CT molecular complexity index is 781. The molecule has 158 valence electrons. The second-order valence-corrected chi connectivity index (χ2v) is 8.74. The van der Waals surface area contributed by atoms with Gasteiger partial charge in [0, 0.05) is 11.4 Å². The van der Waals surface area contributed by atoms with E-state index >= 15 is 0 Å². The van der Waals surface area contributed by atoms with Crippen LogP contribution in [0.2, 0.25) is 0 Å². The maximum absolute atomic E-state index is 13.0. The van der Waals surface area contributed by atoms with Crippen LogP contribution in [0.5, 0.6) is 0 Å². The predicted molar refractivity (Wildman–Crippen MR) is 109 cm³/mol. The van der Waals surface area contributed by atoms with Gasteiger partial charge in [-0.3, -0.25) is 19.3 Å². The largest absolute Gasteiger partial charge is 0.350 e. The standard InChI is InChI=1S/C20H28N4O4S/c1-3-23(12-16(25)21-11-15-8-6-10-29-15)17(26)13-24-18(27)20(22-19(24)28)9-5-4-7-14(20)2/h6,8,10,14H,3-5,7,9,11-13H2,1-2H3,(H,21,25)(H,22,28)/t14-,20-/m1/s1. The van der Waals surface area contributed by atoms with Gasteiger partial charge in [0.2, 0.25) is 11.8 Å². The highest BCUT2D eigenvalue weighted by Gasteiger charge is 2.55. The van der Waals surface area contributed by atoms with Crippen LogP contribution in [-0.2, 0) is 20.9 Å². The van der Waals surface area contributed by atoms with E-state index in [1.165, 1.54) is 4.90 Å². The van der Waals surface area contributed by atoms with E-state index in [1.807, 2.05) is 24.4 Å². The number of thiophene rings is 1. The van der Waals surface area contributed by atoms with Crippen molar-refractivity contribution in [3.63, 3.8) is 0 Å². The van der Waals surface area contributed by atoms with Crippen LogP contribution in [-0.4, -0.2) is 58.7 Å². The minimum atomic E-state index is -0.884. The summed E-state index contributed by atoms with van der Waals surface area (Å²) >= 11 is 1.54. The van der Waals surface area contributed by atoms with E-state index in [9.17, 15) is 19.2 Å². The summed E-state index contributed by atoms with van der Waals surface area (Å²) in [7, 11) is 0. The average molecular weight is 421 g/mol.